The minimum Gasteiger partial charge on any atom is -0.508 e. The van der Waals surface area contributed by atoms with Crippen molar-refractivity contribution < 1.29 is 15.0 Å². The number of ketones is 1. The van der Waals surface area contributed by atoms with E-state index in [9.17, 15) is 9.90 Å². The summed E-state index contributed by atoms with van der Waals surface area (Å²) >= 11 is 1.54. The lowest BCUT2D eigenvalue weighted by Crippen LogP contribution is -2.02. The number of hydrogen-bond acceptors (Lipinski definition) is 4. The Morgan fingerprint density at radius 3 is 2.75 bits per heavy atom. The minimum absolute atomic E-state index is 0.0125. The van der Waals surface area contributed by atoms with Gasteiger partial charge in [-0.3, -0.25) is 4.79 Å². The molecule has 0 bridgehead atoms. The predicted molar refractivity (Wildman–Crippen MR) is 66.0 cm³/mol. The number of aromatic hydroxyl groups is 1. The first-order valence-corrected chi connectivity index (χ1v) is 6.14. The summed E-state index contributed by atoms with van der Waals surface area (Å²) in [7, 11) is 0. The van der Waals surface area contributed by atoms with Gasteiger partial charge in [0.25, 0.3) is 0 Å². The summed E-state index contributed by atoms with van der Waals surface area (Å²) in [6.07, 6.45) is 0. The van der Waals surface area contributed by atoms with Gasteiger partial charge >= 0.3 is 0 Å². The zero-order valence-electron chi connectivity index (χ0n) is 9.43. The fraction of sp³-hybridized carbons (Fsp3) is 0.417. The average Bonchev–Trinajstić information content (AvgIpc) is 2.27. The van der Waals surface area contributed by atoms with Crippen LogP contribution in [0.5, 0.6) is 5.75 Å². The Morgan fingerprint density at radius 2 is 2.19 bits per heavy atom. The number of carbonyl (C=O) groups excluding carboxylic acids is 1. The van der Waals surface area contributed by atoms with Crippen molar-refractivity contribution in [3.63, 3.8) is 0 Å². The van der Waals surface area contributed by atoms with Crippen molar-refractivity contribution in [1.29, 1.82) is 0 Å². The molecule has 0 aliphatic carbocycles. The number of phenolic OH excluding ortho intramolecular Hbond substituents is 1. The maximum atomic E-state index is 11.2. The van der Waals surface area contributed by atoms with Crippen molar-refractivity contribution in [2.75, 3.05) is 6.61 Å². The molecular weight excluding hydrogens is 224 g/mol. The first-order valence-electron chi connectivity index (χ1n) is 5.10. The number of carbonyl (C=O) groups is 1. The SMILES string of the molecule is CC(=O)c1ccc(O)c(CSC(C)CO)c1. The van der Waals surface area contributed by atoms with E-state index >= 15 is 0 Å². The highest BCUT2D eigenvalue weighted by Gasteiger charge is 2.08. The van der Waals surface area contributed by atoms with Crippen molar-refractivity contribution in [3.05, 3.63) is 29.3 Å². The second-order valence-corrected chi connectivity index (χ2v) is 5.13. The van der Waals surface area contributed by atoms with Crippen LogP contribution in [0.2, 0.25) is 0 Å². The lowest BCUT2D eigenvalue weighted by Gasteiger charge is -2.09. The molecule has 0 aliphatic rings. The molecule has 0 saturated heterocycles. The van der Waals surface area contributed by atoms with E-state index in [-0.39, 0.29) is 23.4 Å². The van der Waals surface area contributed by atoms with Crippen LogP contribution in [0.4, 0.5) is 0 Å². The molecule has 1 aromatic carbocycles. The van der Waals surface area contributed by atoms with Gasteiger partial charge in [0.15, 0.2) is 5.78 Å². The highest BCUT2D eigenvalue weighted by Crippen LogP contribution is 2.25. The largest absolute Gasteiger partial charge is 0.508 e. The van der Waals surface area contributed by atoms with E-state index in [1.807, 2.05) is 6.92 Å². The van der Waals surface area contributed by atoms with E-state index in [1.165, 1.54) is 13.0 Å². The number of phenols is 1. The Labute approximate surface area is 99.5 Å². The van der Waals surface area contributed by atoms with Crippen molar-refractivity contribution >= 4 is 17.5 Å². The predicted octanol–water partition coefficient (Wildman–Crippen LogP) is 2.21. The van der Waals surface area contributed by atoms with Crippen molar-refractivity contribution in [2.24, 2.45) is 0 Å². The zero-order chi connectivity index (χ0) is 12.1. The molecule has 0 aromatic heterocycles. The quantitative estimate of drug-likeness (QED) is 0.775. The smallest absolute Gasteiger partial charge is 0.159 e. The van der Waals surface area contributed by atoms with Crippen molar-refractivity contribution in [3.8, 4) is 5.75 Å². The summed E-state index contributed by atoms with van der Waals surface area (Å²) < 4.78 is 0. The average molecular weight is 240 g/mol. The number of benzene rings is 1. The monoisotopic (exact) mass is 240 g/mol. The summed E-state index contributed by atoms with van der Waals surface area (Å²) in [5.74, 6) is 0.776. The number of rotatable bonds is 5. The molecule has 88 valence electrons. The summed E-state index contributed by atoms with van der Waals surface area (Å²) in [5, 5.41) is 18.6. The molecule has 0 heterocycles. The van der Waals surface area contributed by atoms with Crippen LogP contribution in [0.25, 0.3) is 0 Å². The Balaban J connectivity index is 2.78. The van der Waals surface area contributed by atoms with Gasteiger partial charge in [0.05, 0.1) is 6.61 Å². The Kier molecular flexibility index (Phi) is 4.83. The fourth-order valence-electron chi connectivity index (χ4n) is 1.20. The van der Waals surface area contributed by atoms with Crippen LogP contribution >= 0.6 is 11.8 Å². The van der Waals surface area contributed by atoms with E-state index in [0.717, 1.165) is 5.56 Å². The normalized spacial score (nSPS) is 12.4. The van der Waals surface area contributed by atoms with Crippen LogP contribution < -0.4 is 0 Å². The molecule has 1 unspecified atom stereocenters. The Bertz CT molecular complexity index is 377. The standard InChI is InChI=1S/C12H16O3S/c1-8(6-13)16-7-11-5-10(9(2)14)3-4-12(11)15/h3-5,8,13,15H,6-7H2,1-2H3. The third kappa shape index (κ3) is 3.54. The lowest BCUT2D eigenvalue weighted by atomic mass is 10.1. The molecule has 1 rings (SSSR count). The van der Waals surface area contributed by atoms with Gasteiger partial charge in [-0.1, -0.05) is 6.92 Å². The number of hydrogen-bond donors (Lipinski definition) is 2. The van der Waals surface area contributed by atoms with E-state index in [0.29, 0.717) is 11.3 Å². The summed E-state index contributed by atoms with van der Waals surface area (Å²) in [6, 6.07) is 4.85. The molecule has 0 radical (unpaired) electrons. The molecule has 0 aliphatic heterocycles. The highest BCUT2D eigenvalue weighted by atomic mass is 32.2. The Morgan fingerprint density at radius 1 is 1.50 bits per heavy atom. The Hall–Kier alpha value is -1.00. The van der Waals surface area contributed by atoms with E-state index < -0.39 is 0 Å². The third-order valence-corrected chi connectivity index (χ3v) is 3.46. The van der Waals surface area contributed by atoms with Gasteiger partial charge in [-0.05, 0) is 25.1 Å². The maximum absolute atomic E-state index is 11.2. The minimum atomic E-state index is -0.0125. The van der Waals surface area contributed by atoms with Crippen molar-refractivity contribution in [1.82, 2.24) is 0 Å². The molecule has 16 heavy (non-hydrogen) atoms. The lowest BCUT2D eigenvalue weighted by molar-refractivity contribution is 0.101. The molecule has 0 amide bonds. The van der Waals surface area contributed by atoms with E-state index in [4.69, 9.17) is 5.11 Å². The maximum Gasteiger partial charge on any atom is 0.159 e. The van der Waals surface area contributed by atoms with Crippen molar-refractivity contribution in [2.45, 2.75) is 24.9 Å². The highest BCUT2D eigenvalue weighted by molar-refractivity contribution is 7.99. The number of aliphatic hydroxyl groups excluding tert-OH is 1. The molecule has 0 saturated carbocycles. The molecule has 1 atom stereocenters. The topological polar surface area (TPSA) is 57.5 Å². The molecule has 3 nitrogen and oxygen atoms in total. The first-order chi connectivity index (χ1) is 7.54. The first kappa shape index (κ1) is 13.1. The third-order valence-electron chi connectivity index (χ3n) is 2.27. The summed E-state index contributed by atoms with van der Waals surface area (Å²) in [6.45, 7) is 3.52. The number of aliphatic hydroxyl groups is 1. The molecule has 4 heteroatoms. The van der Waals surface area contributed by atoms with Gasteiger partial charge in [-0.25, -0.2) is 0 Å². The van der Waals surface area contributed by atoms with E-state index in [2.05, 4.69) is 0 Å². The molecule has 1 aromatic rings. The van der Waals surface area contributed by atoms with Crippen LogP contribution in [0, 0.1) is 0 Å². The van der Waals surface area contributed by atoms with Crippen LogP contribution in [0.1, 0.15) is 29.8 Å². The molecule has 0 fully saturated rings. The fourth-order valence-corrected chi connectivity index (χ4v) is 2.01. The van der Waals surface area contributed by atoms with E-state index in [1.54, 1.807) is 23.9 Å². The second kappa shape index (κ2) is 5.92. The van der Waals surface area contributed by atoms with Gasteiger partial charge in [0.1, 0.15) is 5.75 Å². The van der Waals surface area contributed by atoms with Crippen LogP contribution in [-0.4, -0.2) is 27.9 Å². The van der Waals surface area contributed by atoms with Gasteiger partial charge in [0.2, 0.25) is 0 Å². The molecular formula is C12H16O3S. The second-order valence-electron chi connectivity index (χ2n) is 3.70. The molecule has 0 spiro atoms. The number of Topliss-reactive ketones (excluding diaryl/α,β-unsaturated/α-hetero) is 1. The van der Waals surface area contributed by atoms with Gasteiger partial charge in [-0.2, -0.15) is 11.8 Å². The van der Waals surface area contributed by atoms with Gasteiger partial charge < -0.3 is 10.2 Å². The van der Waals surface area contributed by atoms with Crippen LogP contribution in [-0.2, 0) is 5.75 Å². The zero-order valence-corrected chi connectivity index (χ0v) is 10.3. The summed E-state index contributed by atoms with van der Waals surface area (Å²) in [4.78, 5) is 11.2. The number of thioether (sulfide) groups is 1. The van der Waals surface area contributed by atoms with Crippen LogP contribution in [0.15, 0.2) is 18.2 Å². The van der Waals surface area contributed by atoms with Gasteiger partial charge in [0, 0.05) is 22.1 Å². The molecule has 2 N–H and O–H groups in total. The van der Waals surface area contributed by atoms with Gasteiger partial charge in [-0.15, -0.1) is 0 Å². The summed E-state index contributed by atoms with van der Waals surface area (Å²) in [5.41, 5.74) is 1.34. The van der Waals surface area contributed by atoms with Crippen LogP contribution in [0.3, 0.4) is 0 Å².